The summed E-state index contributed by atoms with van der Waals surface area (Å²) in [6.07, 6.45) is 0.942. The summed E-state index contributed by atoms with van der Waals surface area (Å²) in [6, 6.07) is 6.02. The molecule has 0 fully saturated rings. The molecule has 1 heterocycles. The molecule has 2 N–H and O–H groups in total. The van der Waals surface area contributed by atoms with Crippen molar-refractivity contribution in [3.8, 4) is 0 Å². The van der Waals surface area contributed by atoms with Crippen molar-refractivity contribution in [3.05, 3.63) is 29.3 Å². The third-order valence-electron chi connectivity index (χ3n) is 3.61. The molecule has 0 saturated heterocycles. The van der Waals surface area contributed by atoms with Crippen LogP contribution in [0.3, 0.4) is 0 Å². The Kier molecular flexibility index (Phi) is 3.60. The normalized spacial score (nSPS) is 22.4. The van der Waals surface area contributed by atoms with E-state index >= 15 is 0 Å². The van der Waals surface area contributed by atoms with E-state index < -0.39 is 5.97 Å². The molecule has 0 aliphatic carbocycles. The fourth-order valence-electron chi connectivity index (χ4n) is 2.87. The lowest BCUT2D eigenvalue weighted by atomic mass is 9.77. The largest absolute Gasteiger partial charge is 0.481 e. The van der Waals surface area contributed by atoms with Crippen LogP contribution in [0.5, 0.6) is 0 Å². The van der Waals surface area contributed by atoms with E-state index in [1.807, 2.05) is 25.1 Å². The second-order valence-electron chi connectivity index (χ2n) is 5.68. The van der Waals surface area contributed by atoms with Gasteiger partial charge in [-0.05, 0) is 36.8 Å². The Morgan fingerprint density at radius 1 is 1.50 bits per heavy atom. The van der Waals surface area contributed by atoms with Crippen molar-refractivity contribution in [2.45, 2.75) is 33.1 Å². The van der Waals surface area contributed by atoms with E-state index in [2.05, 4.69) is 19.2 Å². The van der Waals surface area contributed by atoms with Gasteiger partial charge >= 0.3 is 5.97 Å². The number of carbonyl (C=O) groups is 1. The summed E-state index contributed by atoms with van der Waals surface area (Å²) in [7, 11) is 0. The van der Waals surface area contributed by atoms with Crippen LogP contribution in [0.1, 0.15) is 37.3 Å². The van der Waals surface area contributed by atoms with Crippen molar-refractivity contribution in [1.29, 1.82) is 0 Å². The third-order valence-corrected chi connectivity index (χ3v) is 3.61. The topological polar surface area (TPSA) is 49.3 Å². The summed E-state index contributed by atoms with van der Waals surface area (Å²) < 4.78 is 0. The molecule has 0 aromatic heterocycles. The molecular formula is C15H21NO2. The Balaban J connectivity index is 2.38. The van der Waals surface area contributed by atoms with Gasteiger partial charge in [-0.3, -0.25) is 4.79 Å². The first kappa shape index (κ1) is 12.9. The Labute approximate surface area is 108 Å². The molecule has 2 rings (SSSR count). The van der Waals surface area contributed by atoms with E-state index in [0.29, 0.717) is 5.92 Å². The second-order valence-corrected chi connectivity index (χ2v) is 5.68. The fraction of sp³-hybridized carbons (Fsp3) is 0.533. The van der Waals surface area contributed by atoms with Gasteiger partial charge in [-0.25, -0.2) is 0 Å². The van der Waals surface area contributed by atoms with E-state index in [9.17, 15) is 9.90 Å². The SMILES string of the molecule is Cc1ccc2c(c1)C(C(=O)O)C(CC(C)C)CN2. The van der Waals surface area contributed by atoms with Crippen LogP contribution in [0, 0.1) is 18.8 Å². The summed E-state index contributed by atoms with van der Waals surface area (Å²) in [6.45, 7) is 7.05. The number of aliphatic carboxylic acids is 1. The van der Waals surface area contributed by atoms with Gasteiger partial charge in [0, 0.05) is 12.2 Å². The van der Waals surface area contributed by atoms with Crippen LogP contribution in [-0.4, -0.2) is 17.6 Å². The number of benzene rings is 1. The molecule has 1 aromatic rings. The first-order valence-corrected chi connectivity index (χ1v) is 6.56. The lowest BCUT2D eigenvalue weighted by molar-refractivity contribution is -0.140. The molecule has 0 bridgehead atoms. The summed E-state index contributed by atoms with van der Waals surface area (Å²) in [4.78, 5) is 11.6. The minimum atomic E-state index is -0.700. The van der Waals surface area contributed by atoms with Gasteiger partial charge in [0.05, 0.1) is 5.92 Å². The van der Waals surface area contributed by atoms with Gasteiger partial charge in [-0.2, -0.15) is 0 Å². The number of carboxylic acid groups (broad SMARTS) is 1. The fourth-order valence-corrected chi connectivity index (χ4v) is 2.87. The molecule has 1 aromatic carbocycles. The lowest BCUT2D eigenvalue weighted by Crippen LogP contribution is -2.33. The number of fused-ring (bicyclic) bond motifs is 1. The van der Waals surface area contributed by atoms with Crippen LogP contribution in [-0.2, 0) is 4.79 Å². The monoisotopic (exact) mass is 247 g/mol. The molecule has 2 unspecified atom stereocenters. The van der Waals surface area contributed by atoms with Crippen molar-refractivity contribution in [2.24, 2.45) is 11.8 Å². The Morgan fingerprint density at radius 2 is 2.22 bits per heavy atom. The summed E-state index contributed by atoms with van der Waals surface area (Å²) >= 11 is 0. The minimum Gasteiger partial charge on any atom is -0.481 e. The number of aryl methyl sites for hydroxylation is 1. The molecule has 0 radical (unpaired) electrons. The quantitative estimate of drug-likeness (QED) is 0.862. The van der Waals surface area contributed by atoms with Crippen molar-refractivity contribution in [3.63, 3.8) is 0 Å². The van der Waals surface area contributed by atoms with Gasteiger partial charge in [0.2, 0.25) is 0 Å². The van der Waals surface area contributed by atoms with E-state index in [1.165, 1.54) is 0 Å². The molecule has 0 saturated carbocycles. The number of nitrogens with one attached hydrogen (secondary N) is 1. The molecule has 2 atom stereocenters. The summed E-state index contributed by atoms with van der Waals surface area (Å²) in [5.41, 5.74) is 3.04. The zero-order valence-electron chi connectivity index (χ0n) is 11.2. The third kappa shape index (κ3) is 2.50. The Bertz CT molecular complexity index is 454. The first-order valence-electron chi connectivity index (χ1n) is 6.56. The number of carboxylic acids is 1. The van der Waals surface area contributed by atoms with E-state index in [1.54, 1.807) is 0 Å². The predicted octanol–water partition coefficient (Wildman–Crippen LogP) is 3.25. The van der Waals surface area contributed by atoms with Gasteiger partial charge < -0.3 is 10.4 Å². The van der Waals surface area contributed by atoms with E-state index in [4.69, 9.17) is 0 Å². The number of anilines is 1. The maximum atomic E-state index is 11.6. The minimum absolute atomic E-state index is 0.178. The smallest absolute Gasteiger partial charge is 0.311 e. The highest BCUT2D eigenvalue weighted by Gasteiger charge is 2.35. The molecular weight excluding hydrogens is 226 g/mol. The number of rotatable bonds is 3. The van der Waals surface area contributed by atoms with E-state index in [0.717, 1.165) is 29.8 Å². The van der Waals surface area contributed by atoms with Gasteiger partial charge in [-0.1, -0.05) is 31.5 Å². The maximum Gasteiger partial charge on any atom is 0.311 e. The molecule has 98 valence electrons. The molecule has 0 spiro atoms. The van der Waals surface area contributed by atoms with Crippen LogP contribution in [0.15, 0.2) is 18.2 Å². The highest BCUT2D eigenvalue weighted by Crippen LogP contribution is 2.38. The molecule has 18 heavy (non-hydrogen) atoms. The van der Waals surface area contributed by atoms with Crippen LogP contribution >= 0.6 is 0 Å². The number of hydrogen-bond donors (Lipinski definition) is 2. The highest BCUT2D eigenvalue weighted by molar-refractivity contribution is 5.80. The second kappa shape index (κ2) is 5.01. The van der Waals surface area contributed by atoms with Gasteiger partial charge in [0.1, 0.15) is 0 Å². The van der Waals surface area contributed by atoms with Gasteiger partial charge in [-0.15, -0.1) is 0 Å². The zero-order valence-corrected chi connectivity index (χ0v) is 11.2. The summed E-state index contributed by atoms with van der Waals surface area (Å²) in [5.74, 6) is -0.376. The standard InChI is InChI=1S/C15H21NO2/c1-9(2)6-11-8-16-13-5-4-10(3)7-12(13)14(11)15(17)18/h4-5,7,9,11,14,16H,6,8H2,1-3H3,(H,17,18). The molecule has 3 nitrogen and oxygen atoms in total. The Hall–Kier alpha value is -1.51. The predicted molar refractivity (Wildman–Crippen MR) is 73.0 cm³/mol. The molecule has 0 amide bonds. The van der Waals surface area contributed by atoms with Crippen molar-refractivity contribution in [1.82, 2.24) is 0 Å². The average molecular weight is 247 g/mol. The zero-order chi connectivity index (χ0) is 13.3. The van der Waals surface area contributed by atoms with Crippen molar-refractivity contribution >= 4 is 11.7 Å². The van der Waals surface area contributed by atoms with Crippen LogP contribution in [0.4, 0.5) is 5.69 Å². The first-order chi connectivity index (χ1) is 8.49. The van der Waals surface area contributed by atoms with Crippen LogP contribution in [0.25, 0.3) is 0 Å². The lowest BCUT2D eigenvalue weighted by Gasteiger charge is -2.33. The number of hydrogen-bond acceptors (Lipinski definition) is 2. The Morgan fingerprint density at radius 3 is 2.83 bits per heavy atom. The van der Waals surface area contributed by atoms with E-state index in [-0.39, 0.29) is 11.8 Å². The van der Waals surface area contributed by atoms with Gasteiger partial charge in [0.25, 0.3) is 0 Å². The summed E-state index contributed by atoms with van der Waals surface area (Å²) in [5, 5.41) is 12.9. The molecule has 1 aliphatic heterocycles. The highest BCUT2D eigenvalue weighted by atomic mass is 16.4. The van der Waals surface area contributed by atoms with Gasteiger partial charge in [0.15, 0.2) is 0 Å². The van der Waals surface area contributed by atoms with Crippen LogP contribution in [0.2, 0.25) is 0 Å². The van der Waals surface area contributed by atoms with Crippen LogP contribution < -0.4 is 5.32 Å². The maximum absolute atomic E-state index is 11.6. The molecule has 3 heteroatoms. The van der Waals surface area contributed by atoms with Crippen molar-refractivity contribution < 1.29 is 9.90 Å². The molecule has 1 aliphatic rings. The average Bonchev–Trinajstić information content (AvgIpc) is 2.26. The van der Waals surface area contributed by atoms with Crippen molar-refractivity contribution in [2.75, 3.05) is 11.9 Å².